The highest BCUT2D eigenvalue weighted by molar-refractivity contribution is 6.12. The molecule has 0 saturated carbocycles. The van der Waals surface area contributed by atoms with E-state index in [0.29, 0.717) is 53.7 Å². The first kappa shape index (κ1) is 23.8. The average Bonchev–Trinajstić information content (AvgIpc) is 3.18. The van der Waals surface area contributed by atoms with Gasteiger partial charge in [-0.3, -0.25) is 9.59 Å². The van der Waals surface area contributed by atoms with E-state index in [1.54, 1.807) is 26.0 Å². The lowest BCUT2D eigenvalue weighted by Crippen LogP contribution is -2.43. The number of hydrogen-bond acceptors (Lipinski definition) is 8. The van der Waals surface area contributed by atoms with Crippen LogP contribution in [0, 0.1) is 18.8 Å². The molecule has 8 nitrogen and oxygen atoms in total. The van der Waals surface area contributed by atoms with Crippen LogP contribution in [0.2, 0.25) is 0 Å². The number of esters is 2. The molecule has 1 aliphatic carbocycles. The van der Waals surface area contributed by atoms with Crippen LogP contribution < -0.4 is 5.32 Å². The van der Waals surface area contributed by atoms with E-state index in [1.807, 2.05) is 13.8 Å². The van der Waals surface area contributed by atoms with Crippen molar-refractivity contribution < 1.29 is 33.0 Å². The Morgan fingerprint density at radius 2 is 1.94 bits per heavy atom. The summed E-state index contributed by atoms with van der Waals surface area (Å²) in [5, 5.41) is 3.22. The van der Waals surface area contributed by atoms with Crippen molar-refractivity contribution in [1.29, 1.82) is 0 Å². The van der Waals surface area contributed by atoms with Gasteiger partial charge in [0.2, 0.25) is 0 Å². The average molecular weight is 446 g/mol. The predicted octanol–water partition coefficient (Wildman–Crippen LogP) is 3.17. The number of Topliss-reactive ketones (excluding diaryl/α,β-unsaturated/α-hetero) is 1. The Morgan fingerprint density at radius 1 is 1.19 bits per heavy atom. The number of methoxy groups -OCH3 is 1. The number of rotatable bonds is 8. The second-order valence-electron chi connectivity index (χ2n) is 8.23. The van der Waals surface area contributed by atoms with Gasteiger partial charge in [0.25, 0.3) is 0 Å². The minimum absolute atomic E-state index is 0.0984. The number of carbonyl (C=O) groups excluding carboxylic acids is 3. The molecule has 174 valence electrons. The van der Waals surface area contributed by atoms with Gasteiger partial charge in [0.1, 0.15) is 24.0 Å². The Labute approximate surface area is 188 Å². The number of ether oxygens (including phenoxy) is 3. The molecule has 0 aromatic carbocycles. The minimum atomic E-state index is -0.933. The van der Waals surface area contributed by atoms with Crippen molar-refractivity contribution in [2.75, 3.05) is 26.9 Å². The molecular weight excluding hydrogens is 414 g/mol. The van der Waals surface area contributed by atoms with Crippen LogP contribution in [-0.2, 0) is 28.6 Å². The molecule has 0 saturated heterocycles. The summed E-state index contributed by atoms with van der Waals surface area (Å²) in [5.74, 6) is -2.32. The van der Waals surface area contributed by atoms with Crippen molar-refractivity contribution in [3.05, 3.63) is 46.2 Å². The monoisotopic (exact) mass is 445 g/mol. The lowest BCUT2D eigenvalue weighted by Gasteiger charge is -2.37. The van der Waals surface area contributed by atoms with Crippen LogP contribution in [0.5, 0.6) is 0 Å². The third-order valence-corrected chi connectivity index (χ3v) is 5.82. The Balaban J connectivity index is 1.98. The zero-order chi connectivity index (χ0) is 23.4. The Morgan fingerprint density at radius 3 is 2.56 bits per heavy atom. The molecule has 0 amide bonds. The van der Waals surface area contributed by atoms with Crippen molar-refractivity contribution in [3.63, 3.8) is 0 Å². The maximum Gasteiger partial charge on any atom is 0.336 e. The van der Waals surface area contributed by atoms with E-state index in [4.69, 9.17) is 18.6 Å². The highest BCUT2D eigenvalue weighted by Crippen LogP contribution is 2.45. The van der Waals surface area contributed by atoms with Gasteiger partial charge in [-0.25, -0.2) is 4.79 Å². The van der Waals surface area contributed by atoms with Gasteiger partial charge < -0.3 is 23.9 Å². The van der Waals surface area contributed by atoms with Crippen LogP contribution in [0.25, 0.3) is 0 Å². The van der Waals surface area contributed by atoms with Gasteiger partial charge in [-0.05, 0) is 44.7 Å². The molecule has 1 aromatic rings. The molecular formula is C24H31NO7. The van der Waals surface area contributed by atoms with Gasteiger partial charge in [0, 0.05) is 23.6 Å². The minimum Gasteiger partial charge on any atom is -0.468 e. The lowest BCUT2D eigenvalue weighted by molar-refractivity contribution is -0.151. The first-order valence-corrected chi connectivity index (χ1v) is 10.9. The molecule has 2 heterocycles. The van der Waals surface area contributed by atoms with Crippen molar-refractivity contribution in [2.24, 2.45) is 11.8 Å². The number of nitrogens with one attached hydrogen (secondary N) is 1. The summed E-state index contributed by atoms with van der Waals surface area (Å²) >= 11 is 0. The molecule has 0 spiro atoms. The van der Waals surface area contributed by atoms with E-state index in [-0.39, 0.29) is 18.3 Å². The number of dihydropyridines is 1. The molecule has 32 heavy (non-hydrogen) atoms. The molecule has 1 aliphatic heterocycles. The lowest BCUT2D eigenvalue weighted by atomic mass is 9.70. The summed E-state index contributed by atoms with van der Waals surface area (Å²) in [5.41, 5.74) is 1.94. The van der Waals surface area contributed by atoms with Gasteiger partial charge >= 0.3 is 11.9 Å². The maximum absolute atomic E-state index is 13.5. The van der Waals surface area contributed by atoms with Gasteiger partial charge in [-0.15, -0.1) is 0 Å². The molecule has 2 aliphatic rings. The third-order valence-electron chi connectivity index (χ3n) is 5.82. The number of hydrogen-bond donors (Lipinski definition) is 1. The zero-order valence-electron chi connectivity index (χ0n) is 19.3. The SMILES string of the molecule is CCCOCCOC(=O)C1=C(C)NC2=C(C(=O)[C@@H](C(=O)OC)[C@H](C)C2)[C@@H]1c1ccc(C)o1. The van der Waals surface area contributed by atoms with E-state index < -0.39 is 23.8 Å². The summed E-state index contributed by atoms with van der Waals surface area (Å²) in [6.07, 6.45) is 1.35. The Hall–Kier alpha value is -2.87. The summed E-state index contributed by atoms with van der Waals surface area (Å²) in [7, 11) is 1.27. The van der Waals surface area contributed by atoms with Crippen LogP contribution in [-0.4, -0.2) is 44.7 Å². The van der Waals surface area contributed by atoms with E-state index >= 15 is 0 Å². The number of aryl methyl sites for hydroxylation is 1. The normalized spacial score (nSPS) is 23.0. The standard InChI is InChI=1S/C24H31NO7/c1-6-9-30-10-11-31-24(28)19-15(4)25-16-12-13(2)18(23(27)29-5)22(26)20(16)21(19)17-8-7-14(3)32-17/h7-8,13,18,21,25H,6,9-12H2,1-5H3/t13-,18+,21-/m1/s1. The predicted molar refractivity (Wildman–Crippen MR) is 115 cm³/mol. The zero-order valence-corrected chi connectivity index (χ0v) is 19.3. The smallest absolute Gasteiger partial charge is 0.336 e. The first-order valence-electron chi connectivity index (χ1n) is 10.9. The molecule has 1 N–H and O–H groups in total. The fourth-order valence-electron chi connectivity index (χ4n) is 4.36. The van der Waals surface area contributed by atoms with Crippen molar-refractivity contribution in [1.82, 2.24) is 5.32 Å². The molecule has 3 atom stereocenters. The fraction of sp³-hybridized carbons (Fsp3) is 0.542. The van der Waals surface area contributed by atoms with Crippen LogP contribution >= 0.6 is 0 Å². The summed E-state index contributed by atoms with van der Waals surface area (Å²) in [6, 6.07) is 3.53. The highest BCUT2D eigenvalue weighted by Gasteiger charge is 2.48. The number of furan rings is 1. The largest absolute Gasteiger partial charge is 0.468 e. The molecule has 0 fully saturated rings. The Kier molecular flexibility index (Phi) is 7.56. The van der Waals surface area contributed by atoms with Gasteiger partial charge in [-0.2, -0.15) is 0 Å². The van der Waals surface area contributed by atoms with Gasteiger partial charge in [-0.1, -0.05) is 13.8 Å². The molecule has 1 aromatic heterocycles. The van der Waals surface area contributed by atoms with Crippen molar-refractivity contribution in [2.45, 2.75) is 46.5 Å². The summed E-state index contributed by atoms with van der Waals surface area (Å²) in [4.78, 5) is 39.0. The summed E-state index contributed by atoms with van der Waals surface area (Å²) < 4.78 is 21.6. The van der Waals surface area contributed by atoms with Crippen molar-refractivity contribution >= 4 is 17.7 Å². The van der Waals surface area contributed by atoms with E-state index in [0.717, 1.165) is 6.42 Å². The summed E-state index contributed by atoms with van der Waals surface area (Å²) in [6.45, 7) is 8.39. The highest BCUT2D eigenvalue weighted by atomic mass is 16.6. The van der Waals surface area contributed by atoms with Gasteiger partial charge in [0.05, 0.1) is 25.2 Å². The molecule has 0 radical (unpaired) electrons. The fourth-order valence-corrected chi connectivity index (χ4v) is 4.36. The number of carbonyl (C=O) groups is 3. The van der Waals surface area contributed by atoms with Crippen LogP contribution in [0.4, 0.5) is 0 Å². The van der Waals surface area contributed by atoms with Crippen LogP contribution in [0.1, 0.15) is 51.1 Å². The first-order chi connectivity index (χ1) is 15.3. The molecule has 0 bridgehead atoms. The topological polar surface area (TPSA) is 104 Å². The van der Waals surface area contributed by atoms with E-state index in [9.17, 15) is 14.4 Å². The molecule has 0 unspecified atom stereocenters. The second-order valence-corrected chi connectivity index (χ2v) is 8.23. The van der Waals surface area contributed by atoms with E-state index in [1.165, 1.54) is 7.11 Å². The maximum atomic E-state index is 13.5. The van der Waals surface area contributed by atoms with E-state index in [2.05, 4.69) is 5.32 Å². The second kappa shape index (κ2) is 10.2. The number of ketones is 1. The quantitative estimate of drug-likeness (QED) is 0.370. The third kappa shape index (κ3) is 4.65. The Bertz CT molecular complexity index is 955. The molecule has 8 heteroatoms. The van der Waals surface area contributed by atoms with Gasteiger partial charge in [0.15, 0.2) is 5.78 Å². The van der Waals surface area contributed by atoms with Crippen molar-refractivity contribution in [3.8, 4) is 0 Å². The van der Waals surface area contributed by atoms with Crippen LogP contribution in [0.15, 0.2) is 39.1 Å². The van der Waals surface area contributed by atoms with Crippen LogP contribution in [0.3, 0.4) is 0 Å². The number of allylic oxidation sites excluding steroid dienone is 3. The molecule has 3 rings (SSSR count).